The van der Waals surface area contributed by atoms with E-state index in [4.69, 9.17) is 23.2 Å². The average molecular weight is 390 g/mol. The third-order valence-corrected chi connectivity index (χ3v) is 4.13. The highest BCUT2D eigenvalue weighted by molar-refractivity contribution is 6.35. The molecule has 0 saturated heterocycles. The molecule has 1 amide bonds. The Morgan fingerprint density at radius 3 is 2.50 bits per heavy atom. The molecule has 4 nitrogen and oxygen atoms in total. The molecule has 0 radical (unpaired) electrons. The number of carbonyl (C=O) groups is 1. The molecule has 0 saturated carbocycles. The highest BCUT2D eigenvalue weighted by Gasteiger charge is 2.08. The van der Waals surface area contributed by atoms with E-state index in [1.165, 1.54) is 18.3 Å². The number of pyridine rings is 1. The van der Waals surface area contributed by atoms with Gasteiger partial charge < -0.3 is 10.6 Å². The molecule has 0 atom stereocenters. The molecule has 2 N–H and O–H groups in total. The first-order valence-electron chi connectivity index (χ1n) is 7.72. The largest absolute Gasteiger partial charge is 0.353 e. The van der Waals surface area contributed by atoms with Crippen LogP contribution in [0.4, 0.5) is 15.8 Å². The van der Waals surface area contributed by atoms with E-state index in [2.05, 4.69) is 15.6 Å². The van der Waals surface area contributed by atoms with Gasteiger partial charge in [-0.1, -0.05) is 35.3 Å². The third-order valence-electron chi connectivity index (χ3n) is 3.57. The molecule has 7 heteroatoms. The zero-order valence-corrected chi connectivity index (χ0v) is 15.0. The van der Waals surface area contributed by atoms with Crippen molar-refractivity contribution in [1.29, 1.82) is 0 Å². The van der Waals surface area contributed by atoms with Gasteiger partial charge in [0.25, 0.3) is 5.91 Å². The third kappa shape index (κ3) is 4.71. The van der Waals surface area contributed by atoms with Crippen molar-refractivity contribution in [2.75, 3.05) is 5.32 Å². The van der Waals surface area contributed by atoms with Crippen LogP contribution in [0.5, 0.6) is 0 Å². The van der Waals surface area contributed by atoms with E-state index in [0.29, 0.717) is 28.0 Å². The van der Waals surface area contributed by atoms with Crippen molar-refractivity contribution in [2.45, 2.75) is 6.54 Å². The minimum atomic E-state index is -0.318. The van der Waals surface area contributed by atoms with Gasteiger partial charge in [0, 0.05) is 11.6 Å². The summed E-state index contributed by atoms with van der Waals surface area (Å²) < 4.78 is 12.9. The lowest BCUT2D eigenvalue weighted by molar-refractivity contribution is 0.0946. The van der Waals surface area contributed by atoms with Crippen LogP contribution in [0.2, 0.25) is 10.0 Å². The monoisotopic (exact) mass is 389 g/mol. The van der Waals surface area contributed by atoms with Crippen molar-refractivity contribution in [1.82, 2.24) is 10.3 Å². The smallest absolute Gasteiger partial charge is 0.270 e. The molecular formula is C19H14Cl2FN3O. The Kier molecular flexibility index (Phi) is 5.71. The van der Waals surface area contributed by atoms with Crippen molar-refractivity contribution in [3.8, 4) is 0 Å². The predicted molar refractivity (Wildman–Crippen MR) is 102 cm³/mol. The summed E-state index contributed by atoms with van der Waals surface area (Å²) in [6, 6.07) is 14.3. The summed E-state index contributed by atoms with van der Waals surface area (Å²) >= 11 is 12.1. The zero-order valence-electron chi connectivity index (χ0n) is 13.5. The lowest BCUT2D eigenvalue weighted by atomic mass is 10.2. The Bertz CT molecular complexity index is 915. The van der Waals surface area contributed by atoms with E-state index in [1.54, 1.807) is 42.5 Å². The number of aromatic nitrogens is 1. The van der Waals surface area contributed by atoms with Gasteiger partial charge in [-0.3, -0.25) is 4.79 Å². The highest BCUT2D eigenvalue weighted by atomic mass is 35.5. The number of nitrogens with zero attached hydrogens (tertiary/aromatic N) is 1. The summed E-state index contributed by atoms with van der Waals surface area (Å²) in [5, 5.41) is 6.91. The first-order valence-corrected chi connectivity index (χ1v) is 8.47. The molecule has 0 bridgehead atoms. The van der Waals surface area contributed by atoms with Crippen molar-refractivity contribution < 1.29 is 9.18 Å². The summed E-state index contributed by atoms with van der Waals surface area (Å²) in [6.07, 6.45) is 1.53. The number of hydrogen-bond acceptors (Lipinski definition) is 3. The standard InChI is InChI=1S/C19H14Cl2FN3O/c20-13-3-7-16(21)18(9-13)25-15-6-8-17(23-11-15)19(26)24-10-12-1-4-14(22)5-2-12/h1-9,11,25H,10H2,(H,24,26). The van der Waals surface area contributed by atoms with Crippen LogP contribution >= 0.6 is 23.2 Å². The maximum atomic E-state index is 12.9. The van der Waals surface area contributed by atoms with E-state index >= 15 is 0 Å². The molecular weight excluding hydrogens is 376 g/mol. The van der Waals surface area contributed by atoms with Gasteiger partial charge in [-0.25, -0.2) is 9.37 Å². The van der Waals surface area contributed by atoms with Crippen molar-refractivity contribution >= 4 is 40.5 Å². The maximum absolute atomic E-state index is 12.9. The Morgan fingerprint density at radius 2 is 1.81 bits per heavy atom. The second-order valence-electron chi connectivity index (χ2n) is 5.49. The van der Waals surface area contributed by atoms with Gasteiger partial charge in [-0.15, -0.1) is 0 Å². The van der Waals surface area contributed by atoms with E-state index in [1.807, 2.05) is 0 Å². The molecule has 3 rings (SSSR count). The van der Waals surface area contributed by atoms with E-state index in [9.17, 15) is 9.18 Å². The van der Waals surface area contributed by atoms with Crippen LogP contribution in [0.15, 0.2) is 60.8 Å². The van der Waals surface area contributed by atoms with Crippen LogP contribution in [0.25, 0.3) is 0 Å². The number of benzene rings is 2. The van der Waals surface area contributed by atoms with Crippen molar-refractivity contribution in [2.24, 2.45) is 0 Å². The Morgan fingerprint density at radius 1 is 1.04 bits per heavy atom. The van der Waals surface area contributed by atoms with Gasteiger partial charge in [0.2, 0.25) is 0 Å². The first kappa shape index (κ1) is 18.2. The van der Waals surface area contributed by atoms with Crippen molar-refractivity contribution in [3.05, 3.63) is 87.9 Å². The fourth-order valence-electron chi connectivity index (χ4n) is 2.23. The van der Waals surface area contributed by atoms with Crippen LogP contribution in [-0.2, 0) is 6.54 Å². The lowest BCUT2D eigenvalue weighted by Crippen LogP contribution is -2.23. The molecule has 0 fully saturated rings. The van der Waals surface area contributed by atoms with Crippen LogP contribution in [0.3, 0.4) is 0 Å². The van der Waals surface area contributed by atoms with Gasteiger partial charge in [0.15, 0.2) is 0 Å². The van der Waals surface area contributed by atoms with Gasteiger partial charge in [-0.05, 0) is 48.0 Å². The van der Waals surface area contributed by atoms with Gasteiger partial charge in [0.05, 0.1) is 22.6 Å². The number of nitrogens with one attached hydrogen (secondary N) is 2. The first-order chi connectivity index (χ1) is 12.5. The number of amides is 1. The molecule has 132 valence electrons. The fraction of sp³-hybridized carbons (Fsp3) is 0.0526. The van der Waals surface area contributed by atoms with Crippen LogP contribution < -0.4 is 10.6 Å². The van der Waals surface area contributed by atoms with Crippen LogP contribution in [0, 0.1) is 5.82 Å². The van der Waals surface area contributed by atoms with Gasteiger partial charge in [0.1, 0.15) is 11.5 Å². The van der Waals surface area contributed by atoms with E-state index in [-0.39, 0.29) is 17.4 Å². The Hall–Kier alpha value is -2.63. The molecule has 0 aliphatic heterocycles. The van der Waals surface area contributed by atoms with Crippen LogP contribution in [-0.4, -0.2) is 10.9 Å². The van der Waals surface area contributed by atoms with Gasteiger partial charge in [-0.2, -0.15) is 0 Å². The van der Waals surface area contributed by atoms with E-state index in [0.717, 1.165) is 5.56 Å². The SMILES string of the molecule is O=C(NCc1ccc(F)cc1)c1ccc(Nc2cc(Cl)ccc2Cl)cn1. The molecule has 0 unspecified atom stereocenters. The molecule has 1 heterocycles. The highest BCUT2D eigenvalue weighted by Crippen LogP contribution is 2.28. The zero-order chi connectivity index (χ0) is 18.5. The average Bonchev–Trinajstić information content (AvgIpc) is 2.64. The summed E-state index contributed by atoms with van der Waals surface area (Å²) in [5.41, 5.74) is 2.39. The Balaban J connectivity index is 1.62. The minimum Gasteiger partial charge on any atom is -0.353 e. The number of carbonyl (C=O) groups excluding carboxylic acids is 1. The maximum Gasteiger partial charge on any atom is 0.270 e. The Labute approximate surface area is 160 Å². The lowest BCUT2D eigenvalue weighted by Gasteiger charge is -2.09. The second-order valence-corrected chi connectivity index (χ2v) is 6.33. The van der Waals surface area contributed by atoms with Crippen LogP contribution in [0.1, 0.15) is 16.1 Å². The molecule has 3 aromatic rings. The number of rotatable bonds is 5. The summed E-state index contributed by atoms with van der Waals surface area (Å²) in [4.78, 5) is 16.3. The fourth-order valence-corrected chi connectivity index (χ4v) is 2.56. The molecule has 1 aromatic heterocycles. The molecule has 0 aliphatic carbocycles. The summed E-state index contributed by atoms with van der Waals surface area (Å²) in [7, 11) is 0. The van der Waals surface area contributed by atoms with Crippen molar-refractivity contribution in [3.63, 3.8) is 0 Å². The number of anilines is 2. The van der Waals surface area contributed by atoms with Gasteiger partial charge >= 0.3 is 0 Å². The summed E-state index contributed by atoms with van der Waals surface area (Å²) in [6.45, 7) is 0.291. The normalized spacial score (nSPS) is 10.4. The topological polar surface area (TPSA) is 54.0 Å². The predicted octanol–water partition coefficient (Wildman–Crippen LogP) is 5.20. The molecule has 2 aromatic carbocycles. The summed E-state index contributed by atoms with van der Waals surface area (Å²) in [5.74, 6) is -0.633. The minimum absolute atomic E-state index is 0.273. The second kappa shape index (κ2) is 8.17. The number of hydrogen-bond donors (Lipinski definition) is 2. The molecule has 26 heavy (non-hydrogen) atoms. The quantitative estimate of drug-likeness (QED) is 0.630. The molecule has 0 spiro atoms. The molecule has 0 aliphatic rings. The van der Waals surface area contributed by atoms with E-state index < -0.39 is 0 Å². The number of halogens is 3.